The third kappa shape index (κ3) is 3.61. The topological polar surface area (TPSA) is 85.9 Å². The standard InChI is InChI=1S/C18H24N6O2/c1-13(11-14-7-5-4-6-8-14)21-20-9-10-24-12-19-16-15(24)17(25)23(3)18(26)22(16)2/h4-8,12-13,20-21H,9-11H2,1-3H3. The van der Waals surface area contributed by atoms with Crippen LogP contribution in [0.4, 0.5) is 0 Å². The number of aromatic nitrogens is 4. The number of nitrogens with one attached hydrogen (secondary N) is 2. The van der Waals surface area contributed by atoms with E-state index in [2.05, 4.69) is 34.9 Å². The normalized spacial score (nSPS) is 12.6. The molecule has 0 amide bonds. The molecule has 2 heterocycles. The third-order valence-electron chi connectivity index (χ3n) is 4.43. The molecule has 3 aromatic rings. The maximum absolute atomic E-state index is 12.4. The summed E-state index contributed by atoms with van der Waals surface area (Å²) in [4.78, 5) is 28.5. The van der Waals surface area contributed by atoms with Gasteiger partial charge >= 0.3 is 5.69 Å². The second-order valence-electron chi connectivity index (χ2n) is 6.48. The van der Waals surface area contributed by atoms with Gasteiger partial charge in [0.15, 0.2) is 11.2 Å². The van der Waals surface area contributed by atoms with Gasteiger partial charge in [-0.1, -0.05) is 30.3 Å². The van der Waals surface area contributed by atoms with E-state index in [1.54, 1.807) is 17.9 Å². The van der Waals surface area contributed by atoms with E-state index >= 15 is 0 Å². The first-order valence-corrected chi connectivity index (χ1v) is 8.62. The maximum Gasteiger partial charge on any atom is 0.332 e. The third-order valence-corrected chi connectivity index (χ3v) is 4.43. The minimum atomic E-state index is -0.373. The molecule has 8 nitrogen and oxygen atoms in total. The van der Waals surface area contributed by atoms with Gasteiger partial charge < -0.3 is 4.57 Å². The van der Waals surface area contributed by atoms with Crippen LogP contribution in [-0.4, -0.2) is 31.3 Å². The summed E-state index contributed by atoms with van der Waals surface area (Å²) in [6, 6.07) is 10.6. The molecule has 26 heavy (non-hydrogen) atoms. The fourth-order valence-corrected chi connectivity index (χ4v) is 3.01. The van der Waals surface area contributed by atoms with E-state index in [-0.39, 0.29) is 17.3 Å². The van der Waals surface area contributed by atoms with Crippen LogP contribution in [0.2, 0.25) is 0 Å². The molecule has 2 N–H and O–H groups in total. The molecule has 2 aromatic heterocycles. The van der Waals surface area contributed by atoms with Gasteiger partial charge in [-0.15, -0.1) is 0 Å². The Kier molecular flexibility index (Phi) is 5.34. The number of benzene rings is 1. The van der Waals surface area contributed by atoms with Crippen molar-refractivity contribution in [1.29, 1.82) is 0 Å². The van der Waals surface area contributed by atoms with Crippen molar-refractivity contribution >= 4 is 11.2 Å². The zero-order valence-electron chi connectivity index (χ0n) is 15.3. The lowest BCUT2D eigenvalue weighted by atomic mass is 10.1. The molecule has 8 heteroatoms. The summed E-state index contributed by atoms with van der Waals surface area (Å²) in [5.41, 5.74) is 7.88. The van der Waals surface area contributed by atoms with Crippen LogP contribution in [0.3, 0.4) is 0 Å². The van der Waals surface area contributed by atoms with Crippen molar-refractivity contribution in [1.82, 2.24) is 29.5 Å². The van der Waals surface area contributed by atoms with Gasteiger partial charge in [-0.3, -0.25) is 24.8 Å². The maximum atomic E-state index is 12.4. The zero-order chi connectivity index (χ0) is 18.7. The van der Waals surface area contributed by atoms with Crippen molar-refractivity contribution in [3.63, 3.8) is 0 Å². The largest absolute Gasteiger partial charge is 0.332 e. The van der Waals surface area contributed by atoms with E-state index in [0.717, 1.165) is 11.0 Å². The highest BCUT2D eigenvalue weighted by Gasteiger charge is 2.13. The number of hydrazine groups is 1. The Bertz CT molecular complexity index is 1000. The van der Waals surface area contributed by atoms with E-state index in [0.29, 0.717) is 24.3 Å². The summed E-state index contributed by atoms with van der Waals surface area (Å²) in [5.74, 6) is 0. The lowest BCUT2D eigenvalue weighted by Gasteiger charge is -2.15. The average molecular weight is 356 g/mol. The molecular formula is C18H24N6O2. The average Bonchev–Trinajstić information content (AvgIpc) is 3.06. The summed E-state index contributed by atoms with van der Waals surface area (Å²) in [6.45, 7) is 3.30. The Balaban J connectivity index is 1.61. The highest BCUT2D eigenvalue weighted by Crippen LogP contribution is 2.05. The predicted molar refractivity (Wildman–Crippen MR) is 101 cm³/mol. The smallest absolute Gasteiger partial charge is 0.323 e. The molecule has 0 radical (unpaired) electrons. The van der Waals surface area contributed by atoms with Crippen LogP contribution < -0.4 is 22.1 Å². The summed E-state index contributed by atoms with van der Waals surface area (Å²) >= 11 is 0. The predicted octanol–water partition coefficient (Wildman–Crippen LogP) is 0.159. The quantitative estimate of drug-likeness (QED) is 0.465. The summed E-state index contributed by atoms with van der Waals surface area (Å²) in [7, 11) is 3.10. The zero-order valence-corrected chi connectivity index (χ0v) is 15.3. The van der Waals surface area contributed by atoms with E-state index in [9.17, 15) is 9.59 Å². The van der Waals surface area contributed by atoms with E-state index in [1.807, 2.05) is 18.2 Å². The number of fused-ring (bicyclic) bond motifs is 1. The van der Waals surface area contributed by atoms with Crippen LogP contribution in [0.1, 0.15) is 12.5 Å². The summed E-state index contributed by atoms with van der Waals surface area (Å²) in [5, 5.41) is 0. The summed E-state index contributed by atoms with van der Waals surface area (Å²) in [6.07, 6.45) is 2.52. The minimum Gasteiger partial charge on any atom is -0.323 e. The van der Waals surface area contributed by atoms with Gasteiger partial charge in [0, 0.05) is 33.2 Å². The molecule has 0 aliphatic heterocycles. The molecule has 3 rings (SSSR count). The number of nitrogens with zero attached hydrogens (tertiary/aromatic N) is 4. The lowest BCUT2D eigenvalue weighted by Crippen LogP contribution is -2.42. The fourth-order valence-electron chi connectivity index (χ4n) is 3.01. The molecular weight excluding hydrogens is 332 g/mol. The highest BCUT2D eigenvalue weighted by atomic mass is 16.2. The molecule has 0 bridgehead atoms. The number of imidazole rings is 1. The Morgan fingerprint density at radius 3 is 2.58 bits per heavy atom. The molecule has 1 aromatic carbocycles. The fraction of sp³-hybridized carbons (Fsp3) is 0.389. The van der Waals surface area contributed by atoms with E-state index in [4.69, 9.17) is 0 Å². The van der Waals surface area contributed by atoms with Crippen molar-refractivity contribution in [2.24, 2.45) is 14.1 Å². The van der Waals surface area contributed by atoms with Gasteiger partial charge in [0.1, 0.15) is 0 Å². The second-order valence-corrected chi connectivity index (χ2v) is 6.48. The SMILES string of the molecule is CC(Cc1ccccc1)NNCCn1cnc2c1c(=O)n(C)c(=O)n2C. The summed E-state index contributed by atoms with van der Waals surface area (Å²) < 4.78 is 4.27. The minimum absolute atomic E-state index is 0.269. The van der Waals surface area contributed by atoms with Gasteiger partial charge in [-0.2, -0.15) is 0 Å². The van der Waals surface area contributed by atoms with Crippen LogP contribution in [0, 0.1) is 0 Å². The number of hydrogen-bond donors (Lipinski definition) is 2. The molecule has 0 saturated heterocycles. The first kappa shape index (κ1) is 18.1. The molecule has 138 valence electrons. The lowest BCUT2D eigenvalue weighted by molar-refractivity contribution is 0.435. The molecule has 0 aliphatic rings. The van der Waals surface area contributed by atoms with Crippen LogP contribution in [0.5, 0.6) is 0 Å². The van der Waals surface area contributed by atoms with Gasteiger partial charge in [0.05, 0.1) is 6.33 Å². The molecule has 0 saturated carbocycles. The number of hydrogen-bond acceptors (Lipinski definition) is 5. The Hall–Kier alpha value is -2.71. The first-order valence-electron chi connectivity index (χ1n) is 8.62. The highest BCUT2D eigenvalue weighted by molar-refractivity contribution is 5.69. The van der Waals surface area contributed by atoms with Gasteiger partial charge in [-0.05, 0) is 18.9 Å². The monoisotopic (exact) mass is 356 g/mol. The number of aryl methyl sites for hydroxylation is 1. The Morgan fingerprint density at radius 2 is 1.85 bits per heavy atom. The molecule has 1 unspecified atom stereocenters. The van der Waals surface area contributed by atoms with Crippen LogP contribution in [0.15, 0.2) is 46.2 Å². The van der Waals surface area contributed by atoms with Gasteiger partial charge in [0.25, 0.3) is 5.56 Å². The second kappa shape index (κ2) is 7.67. The van der Waals surface area contributed by atoms with Crippen LogP contribution >= 0.6 is 0 Å². The van der Waals surface area contributed by atoms with Crippen molar-refractivity contribution in [3.05, 3.63) is 63.1 Å². The molecule has 1 atom stereocenters. The molecule has 0 spiro atoms. The Labute approximate surface area is 151 Å². The number of rotatable bonds is 7. The van der Waals surface area contributed by atoms with Crippen molar-refractivity contribution in [2.45, 2.75) is 25.9 Å². The van der Waals surface area contributed by atoms with Gasteiger partial charge in [-0.25, -0.2) is 9.78 Å². The van der Waals surface area contributed by atoms with E-state index in [1.165, 1.54) is 17.2 Å². The van der Waals surface area contributed by atoms with Crippen molar-refractivity contribution in [3.8, 4) is 0 Å². The van der Waals surface area contributed by atoms with Crippen LogP contribution in [-0.2, 0) is 27.1 Å². The van der Waals surface area contributed by atoms with Crippen molar-refractivity contribution in [2.75, 3.05) is 6.54 Å². The Morgan fingerprint density at radius 1 is 1.12 bits per heavy atom. The van der Waals surface area contributed by atoms with Crippen molar-refractivity contribution < 1.29 is 0 Å². The molecule has 0 aliphatic carbocycles. The van der Waals surface area contributed by atoms with Crippen LogP contribution in [0.25, 0.3) is 11.2 Å². The first-order chi connectivity index (χ1) is 12.5. The molecule has 0 fully saturated rings. The van der Waals surface area contributed by atoms with E-state index < -0.39 is 0 Å². The van der Waals surface area contributed by atoms with Gasteiger partial charge in [0.2, 0.25) is 0 Å².